The standard InChI is InChI=1S/C16H14ClNO4/c1-21-15-7-11(9-19)5-6-14(15)22-10-16(20)18-13-4-2-3-12(17)8-13/h2-9H,10H2,1H3,(H,18,20). The fourth-order valence-corrected chi connectivity index (χ4v) is 1.97. The highest BCUT2D eigenvalue weighted by molar-refractivity contribution is 6.30. The number of anilines is 1. The molecule has 0 bridgehead atoms. The summed E-state index contributed by atoms with van der Waals surface area (Å²) >= 11 is 5.84. The second-order valence-electron chi connectivity index (χ2n) is 4.38. The molecular weight excluding hydrogens is 306 g/mol. The van der Waals surface area contributed by atoms with Crippen LogP contribution >= 0.6 is 11.6 Å². The van der Waals surface area contributed by atoms with Crippen LogP contribution in [-0.2, 0) is 4.79 Å². The van der Waals surface area contributed by atoms with Crippen LogP contribution in [0.3, 0.4) is 0 Å². The lowest BCUT2D eigenvalue weighted by Crippen LogP contribution is -2.20. The van der Waals surface area contributed by atoms with Gasteiger partial charge in [-0.2, -0.15) is 0 Å². The Morgan fingerprint density at radius 1 is 1.23 bits per heavy atom. The Morgan fingerprint density at radius 3 is 2.73 bits per heavy atom. The van der Waals surface area contributed by atoms with Gasteiger partial charge >= 0.3 is 0 Å². The predicted octanol–water partition coefficient (Wildman–Crippen LogP) is 3.18. The average molecular weight is 320 g/mol. The summed E-state index contributed by atoms with van der Waals surface area (Å²) in [7, 11) is 1.46. The summed E-state index contributed by atoms with van der Waals surface area (Å²) in [5.74, 6) is 0.443. The number of halogens is 1. The van der Waals surface area contributed by atoms with E-state index in [0.717, 1.165) is 0 Å². The molecule has 0 fully saturated rings. The fraction of sp³-hybridized carbons (Fsp3) is 0.125. The fourth-order valence-electron chi connectivity index (χ4n) is 1.78. The lowest BCUT2D eigenvalue weighted by molar-refractivity contribution is -0.118. The first-order valence-electron chi connectivity index (χ1n) is 6.44. The second kappa shape index (κ2) is 7.47. The molecule has 1 amide bonds. The number of aldehydes is 1. The number of ether oxygens (including phenoxy) is 2. The first-order chi connectivity index (χ1) is 10.6. The molecule has 0 aliphatic rings. The Morgan fingerprint density at radius 2 is 2.05 bits per heavy atom. The van der Waals surface area contributed by atoms with Gasteiger partial charge in [-0.15, -0.1) is 0 Å². The van der Waals surface area contributed by atoms with Crippen LogP contribution in [0.1, 0.15) is 10.4 Å². The van der Waals surface area contributed by atoms with E-state index < -0.39 is 0 Å². The van der Waals surface area contributed by atoms with E-state index in [1.54, 1.807) is 36.4 Å². The topological polar surface area (TPSA) is 64.6 Å². The number of amides is 1. The number of methoxy groups -OCH3 is 1. The Balaban J connectivity index is 1.97. The van der Waals surface area contributed by atoms with Gasteiger partial charge in [0, 0.05) is 16.3 Å². The zero-order chi connectivity index (χ0) is 15.9. The summed E-state index contributed by atoms with van der Waals surface area (Å²) < 4.78 is 10.5. The van der Waals surface area contributed by atoms with Crippen molar-refractivity contribution < 1.29 is 19.1 Å². The summed E-state index contributed by atoms with van der Waals surface area (Å²) in [5.41, 5.74) is 1.05. The number of benzene rings is 2. The minimum absolute atomic E-state index is 0.191. The minimum atomic E-state index is -0.330. The van der Waals surface area contributed by atoms with Crippen molar-refractivity contribution in [2.75, 3.05) is 19.0 Å². The molecule has 1 N–H and O–H groups in total. The van der Waals surface area contributed by atoms with Gasteiger partial charge in [-0.3, -0.25) is 9.59 Å². The van der Waals surface area contributed by atoms with Crippen LogP contribution in [0.15, 0.2) is 42.5 Å². The van der Waals surface area contributed by atoms with Gasteiger partial charge in [0.1, 0.15) is 6.29 Å². The molecule has 0 aromatic heterocycles. The van der Waals surface area contributed by atoms with Crippen molar-refractivity contribution in [2.45, 2.75) is 0 Å². The van der Waals surface area contributed by atoms with Gasteiger partial charge in [0.2, 0.25) is 0 Å². The molecule has 0 heterocycles. The van der Waals surface area contributed by atoms with Gasteiger partial charge in [-0.25, -0.2) is 0 Å². The first-order valence-corrected chi connectivity index (χ1v) is 6.81. The van der Waals surface area contributed by atoms with E-state index in [-0.39, 0.29) is 12.5 Å². The predicted molar refractivity (Wildman–Crippen MR) is 84.0 cm³/mol. The van der Waals surface area contributed by atoms with Crippen molar-refractivity contribution >= 4 is 29.5 Å². The van der Waals surface area contributed by atoms with Crippen LogP contribution in [0.2, 0.25) is 5.02 Å². The van der Waals surface area contributed by atoms with Crippen molar-refractivity contribution in [3.63, 3.8) is 0 Å². The SMILES string of the molecule is COc1cc(C=O)ccc1OCC(=O)Nc1cccc(Cl)c1. The number of rotatable bonds is 6. The van der Waals surface area contributed by atoms with Gasteiger partial charge in [-0.1, -0.05) is 17.7 Å². The lowest BCUT2D eigenvalue weighted by atomic mass is 10.2. The van der Waals surface area contributed by atoms with Gasteiger partial charge in [0.05, 0.1) is 7.11 Å². The second-order valence-corrected chi connectivity index (χ2v) is 4.81. The van der Waals surface area contributed by atoms with Crippen molar-refractivity contribution in [2.24, 2.45) is 0 Å². The maximum atomic E-state index is 11.8. The maximum Gasteiger partial charge on any atom is 0.262 e. The van der Waals surface area contributed by atoms with Crippen LogP contribution in [0.25, 0.3) is 0 Å². The highest BCUT2D eigenvalue weighted by atomic mass is 35.5. The van der Waals surface area contributed by atoms with Gasteiger partial charge in [0.15, 0.2) is 18.1 Å². The van der Waals surface area contributed by atoms with E-state index in [9.17, 15) is 9.59 Å². The Hall–Kier alpha value is -2.53. The van der Waals surface area contributed by atoms with E-state index in [2.05, 4.69) is 5.32 Å². The van der Waals surface area contributed by atoms with Crippen LogP contribution in [0, 0.1) is 0 Å². The lowest BCUT2D eigenvalue weighted by Gasteiger charge is -2.11. The third-order valence-corrected chi connectivity index (χ3v) is 3.03. The third-order valence-electron chi connectivity index (χ3n) is 2.79. The van der Waals surface area contributed by atoms with Crippen molar-refractivity contribution in [1.29, 1.82) is 0 Å². The Bertz CT molecular complexity index is 688. The van der Waals surface area contributed by atoms with Crippen molar-refractivity contribution in [3.8, 4) is 11.5 Å². The summed E-state index contributed by atoms with van der Waals surface area (Å²) in [6.07, 6.45) is 0.707. The number of carbonyl (C=O) groups excluding carboxylic acids is 2. The van der Waals surface area contributed by atoms with E-state index >= 15 is 0 Å². The molecular formula is C16H14ClNO4. The van der Waals surface area contributed by atoms with Crippen molar-refractivity contribution in [1.82, 2.24) is 0 Å². The molecule has 0 radical (unpaired) electrons. The van der Waals surface area contributed by atoms with Crippen molar-refractivity contribution in [3.05, 3.63) is 53.1 Å². The molecule has 5 nitrogen and oxygen atoms in total. The first kappa shape index (κ1) is 15.9. The average Bonchev–Trinajstić information content (AvgIpc) is 2.52. The van der Waals surface area contributed by atoms with E-state index in [1.165, 1.54) is 13.2 Å². The Kier molecular flexibility index (Phi) is 5.38. The molecule has 0 aliphatic carbocycles. The van der Waals surface area contributed by atoms with Crippen LogP contribution < -0.4 is 14.8 Å². The molecule has 0 aliphatic heterocycles. The molecule has 0 saturated carbocycles. The monoisotopic (exact) mass is 319 g/mol. The number of nitrogens with one attached hydrogen (secondary N) is 1. The van der Waals surface area contributed by atoms with E-state index in [4.69, 9.17) is 21.1 Å². The largest absolute Gasteiger partial charge is 0.493 e. The molecule has 0 spiro atoms. The van der Waals surface area contributed by atoms with E-state index in [1.807, 2.05) is 0 Å². The highest BCUT2D eigenvalue weighted by Gasteiger charge is 2.09. The normalized spacial score (nSPS) is 9.91. The summed E-state index contributed by atoms with van der Waals surface area (Å²) in [6, 6.07) is 11.5. The van der Waals surface area contributed by atoms with Gasteiger partial charge in [-0.05, 0) is 36.4 Å². The molecule has 2 aromatic rings. The molecule has 0 unspecified atom stereocenters. The maximum absolute atomic E-state index is 11.8. The minimum Gasteiger partial charge on any atom is -0.493 e. The summed E-state index contributed by atoms with van der Waals surface area (Å²) in [6.45, 7) is -0.191. The molecule has 0 saturated heterocycles. The zero-order valence-corrected chi connectivity index (χ0v) is 12.6. The molecule has 2 aromatic carbocycles. The number of carbonyl (C=O) groups is 2. The number of hydrogen-bond acceptors (Lipinski definition) is 4. The van der Waals surface area contributed by atoms with Crippen LogP contribution in [-0.4, -0.2) is 25.9 Å². The van der Waals surface area contributed by atoms with Crippen LogP contribution in [0.4, 0.5) is 5.69 Å². The molecule has 114 valence electrons. The van der Waals surface area contributed by atoms with E-state index in [0.29, 0.717) is 34.1 Å². The van der Waals surface area contributed by atoms with Gasteiger partial charge in [0.25, 0.3) is 5.91 Å². The highest BCUT2D eigenvalue weighted by Crippen LogP contribution is 2.27. The summed E-state index contributed by atoms with van der Waals surface area (Å²) in [4.78, 5) is 22.6. The smallest absolute Gasteiger partial charge is 0.262 e. The molecule has 22 heavy (non-hydrogen) atoms. The Labute approximate surface area is 132 Å². The zero-order valence-electron chi connectivity index (χ0n) is 11.8. The summed E-state index contributed by atoms with van der Waals surface area (Å²) in [5, 5.41) is 3.20. The molecule has 6 heteroatoms. The number of hydrogen-bond donors (Lipinski definition) is 1. The van der Waals surface area contributed by atoms with Gasteiger partial charge < -0.3 is 14.8 Å². The third kappa shape index (κ3) is 4.23. The molecule has 0 atom stereocenters. The quantitative estimate of drug-likeness (QED) is 0.831. The van der Waals surface area contributed by atoms with Crippen LogP contribution in [0.5, 0.6) is 11.5 Å². The molecule has 2 rings (SSSR count).